The van der Waals surface area contributed by atoms with Gasteiger partial charge >= 0.3 is 11.9 Å². The molecule has 0 aliphatic carbocycles. The van der Waals surface area contributed by atoms with Crippen molar-refractivity contribution in [2.75, 3.05) is 19.8 Å². The molecule has 102 valence electrons. The Bertz CT molecular complexity index is 484. The Kier molecular flexibility index (Phi) is 4.39. The van der Waals surface area contributed by atoms with Gasteiger partial charge in [-0.15, -0.1) is 0 Å². The van der Waals surface area contributed by atoms with Crippen molar-refractivity contribution in [3.05, 3.63) is 29.3 Å². The number of nitrogens with one attached hydrogen (secondary N) is 1. The second kappa shape index (κ2) is 6.22. The van der Waals surface area contributed by atoms with Crippen LogP contribution in [0.1, 0.15) is 18.1 Å². The first-order valence-electron chi connectivity index (χ1n) is 6.40. The number of hydrogen-bond donors (Lipinski definition) is 1. The van der Waals surface area contributed by atoms with Gasteiger partial charge in [0.05, 0.1) is 13.2 Å². The highest BCUT2D eigenvalue weighted by atomic mass is 16.5. The van der Waals surface area contributed by atoms with Crippen molar-refractivity contribution in [1.82, 2.24) is 5.32 Å². The van der Waals surface area contributed by atoms with Crippen LogP contribution in [0.3, 0.4) is 0 Å². The summed E-state index contributed by atoms with van der Waals surface area (Å²) in [5.41, 5.74) is 2.32. The summed E-state index contributed by atoms with van der Waals surface area (Å²) in [5, 5.41) is 2.54. The van der Waals surface area contributed by atoms with Crippen LogP contribution >= 0.6 is 0 Å². The molecule has 0 spiro atoms. The van der Waals surface area contributed by atoms with E-state index in [0.717, 1.165) is 24.3 Å². The van der Waals surface area contributed by atoms with Crippen molar-refractivity contribution >= 4 is 11.9 Å². The maximum atomic E-state index is 11.3. The molecule has 1 amide bonds. The van der Waals surface area contributed by atoms with Gasteiger partial charge in [-0.3, -0.25) is 4.79 Å². The SMILES string of the molecule is CCOC(=O)C(=O)NCCc1ccc2c(c1)CCO2. The first-order valence-corrected chi connectivity index (χ1v) is 6.40. The Morgan fingerprint density at radius 3 is 3.05 bits per heavy atom. The summed E-state index contributed by atoms with van der Waals surface area (Å²) >= 11 is 0. The van der Waals surface area contributed by atoms with Gasteiger partial charge in [-0.2, -0.15) is 0 Å². The van der Waals surface area contributed by atoms with Gasteiger partial charge in [0, 0.05) is 13.0 Å². The number of fused-ring (bicyclic) bond motifs is 1. The molecule has 0 radical (unpaired) electrons. The third-order valence-corrected chi connectivity index (χ3v) is 2.91. The first kappa shape index (κ1) is 13.4. The first-order chi connectivity index (χ1) is 9.20. The van der Waals surface area contributed by atoms with Gasteiger partial charge in [0.2, 0.25) is 0 Å². The molecule has 5 nitrogen and oxygen atoms in total. The molecule has 0 saturated carbocycles. The summed E-state index contributed by atoms with van der Waals surface area (Å²) in [7, 11) is 0. The molecule has 1 aromatic carbocycles. The Morgan fingerprint density at radius 1 is 1.42 bits per heavy atom. The predicted molar refractivity (Wildman–Crippen MR) is 69.0 cm³/mol. The highest BCUT2D eigenvalue weighted by Gasteiger charge is 2.14. The minimum absolute atomic E-state index is 0.205. The van der Waals surface area contributed by atoms with E-state index >= 15 is 0 Å². The predicted octanol–water partition coefficient (Wildman–Crippen LogP) is 0.843. The average molecular weight is 263 g/mol. The molecular weight excluding hydrogens is 246 g/mol. The fraction of sp³-hybridized carbons (Fsp3) is 0.429. The number of carbonyl (C=O) groups excluding carboxylic acids is 2. The molecule has 0 atom stereocenters. The molecule has 0 bridgehead atoms. The number of esters is 1. The van der Waals surface area contributed by atoms with Crippen LogP contribution in [0.2, 0.25) is 0 Å². The summed E-state index contributed by atoms with van der Waals surface area (Å²) in [6.07, 6.45) is 1.61. The maximum absolute atomic E-state index is 11.3. The fourth-order valence-electron chi connectivity index (χ4n) is 1.98. The lowest BCUT2D eigenvalue weighted by Crippen LogP contribution is -2.33. The number of rotatable bonds is 4. The van der Waals surface area contributed by atoms with Crippen LogP contribution in [0.5, 0.6) is 5.75 Å². The van der Waals surface area contributed by atoms with Crippen molar-refractivity contribution in [2.45, 2.75) is 19.8 Å². The van der Waals surface area contributed by atoms with E-state index in [1.54, 1.807) is 6.92 Å². The van der Waals surface area contributed by atoms with E-state index in [9.17, 15) is 9.59 Å². The average Bonchev–Trinajstić information content (AvgIpc) is 2.86. The van der Waals surface area contributed by atoms with Crippen molar-refractivity contribution < 1.29 is 19.1 Å². The van der Waals surface area contributed by atoms with Crippen LogP contribution < -0.4 is 10.1 Å². The van der Waals surface area contributed by atoms with E-state index in [1.807, 2.05) is 12.1 Å². The Morgan fingerprint density at radius 2 is 2.26 bits per heavy atom. The third-order valence-electron chi connectivity index (χ3n) is 2.91. The molecule has 0 saturated heterocycles. The lowest BCUT2D eigenvalue weighted by molar-refractivity contribution is -0.154. The molecular formula is C14H17NO4. The van der Waals surface area contributed by atoms with Crippen molar-refractivity contribution in [2.24, 2.45) is 0 Å². The second-order valence-corrected chi connectivity index (χ2v) is 4.27. The van der Waals surface area contributed by atoms with Crippen molar-refractivity contribution in [3.63, 3.8) is 0 Å². The van der Waals surface area contributed by atoms with Gasteiger partial charge in [0.15, 0.2) is 0 Å². The minimum Gasteiger partial charge on any atom is -0.493 e. The van der Waals surface area contributed by atoms with Crippen LogP contribution in [0, 0.1) is 0 Å². The summed E-state index contributed by atoms with van der Waals surface area (Å²) in [4.78, 5) is 22.4. The van der Waals surface area contributed by atoms with Crippen LogP contribution in [0.25, 0.3) is 0 Å². The van der Waals surface area contributed by atoms with E-state index in [2.05, 4.69) is 16.1 Å². The Labute approximate surface area is 111 Å². The molecule has 0 aromatic heterocycles. The second-order valence-electron chi connectivity index (χ2n) is 4.27. The number of ether oxygens (including phenoxy) is 2. The van der Waals surface area contributed by atoms with E-state index in [0.29, 0.717) is 13.0 Å². The molecule has 1 aromatic rings. The molecule has 1 aliphatic rings. The summed E-state index contributed by atoms with van der Waals surface area (Å²) in [6.45, 7) is 3.02. The lowest BCUT2D eigenvalue weighted by Gasteiger charge is -2.06. The molecule has 1 N–H and O–H groups in total. The summed E-state index contributed by atoms with van der Waals surface area (Å²) in [6, 6.07) is 6.00. The zero-order valence-corrected chi connectivity index (χ0v) is 10.9. The molecule has 1 aliphatic heterocycles. The molecule has 2 rings (SSSR count). The quantitative estimate of drug-likeness (QED) is 0.646. The molecule has 0 fully saturated rings. The standard InChI is InChI=1S/C14H17NO4/c1-2-18-14(17)13(16)15-7-5-10-3-4-12-11(9-10)6-8-19-12/h3-4,9H,2,5-8H2,1H3,(H,15,16). The highest BCUT2D eigenvalue weighted by Crippen LogP contribution is 2.25. The van der Waals surface area contributed by atoms with Crippen molar-refractivity contribution in [1.29, 1.82) is 0 Å². The van der Waals surface area contributed by atoms with E-state index in [4.69, 9.17) is 4.74 Å². The zero-order valence-electron chi connectivity index (χ0n) is 10.9. The number of benzene rings is 1. The molecule has 1 heterocycles. The summed E-state index contributed by atoms with van der Waals surface area (Å²) in [5.74, 6) is -0.574. The van der Waals surface area contributed by atoms with Crippen LogP contribution in [0.4, 0.5) is 0 Å². The van der Waals surface area contributed by atoms with Gasteiger partial charge in [0.1, 0.15) is 5.75 Å². The fourth-order valence-corrected chi connectivity index (χ4v) is 1.98. The van der Waals surface area contributed by atoms with Gasteiger partial charge < -0.3 is 14.8 Å². The lowest BCUT2D eigenvalue weighted by atomic mass is 10.1. The number of carbonyl (C=O) groups is 2. The smallest absolute Gasteiger partial charge is 0.396 e. The third kappa shape index (κ3) is 3.47. The zero-order chi connectivity index (χ0) is 13.7. The van der Waals surface area contributed by atoms with Gasteiger partial charge in [-0.1, -0.05) is 12.1 Å². The van der Waals surface area contributed by atoms with E-state index in [1.165, 1.54) is 5.56 Å². The van der Waals surface area contributed by atoms with Gasteiger partial charge in [-0.25, -0.2) is 4.79 Å². The number of amides is 1. The largest absolute Gasteiger partial charge is 0.493 e. The summed E-state index contributed by atoms with van der Waals surface area (Å²) < 4.78 is 10.0. The van der Waals surface area contributed by atoms with Crippen LogP contribution in [-0.2, 0) is 27.2 Å². The normalized spacial score (nSPS) is 12.5. The van der Waals surface area contributed by atoms with Gasteiger partial charge in [-0.05, 0) is 30.5 Å². The molecule has 0 unspecified atom stereocenters. The minimum atomic E-state index is -0.829. The van der Waals surface area contributed by atoms with Crippen LogP contribution in [-0.4, -0.2) is 31.6 Å². The van der Waals surface area contributed by atoms with Gasteiger partial charge in [0.25, 0.3) is 0 Å². The van der Waals surface area contributed by atoms with E-state index < -0.39 is 11.9 Å². The maximum Gasteiger partial charge on any atom is 0.396 e. The number of hydrogen-bond acceptors (Lipinski definition) is 4. The Balaban J connectivity index is 1.80. The van der Waals surface area contributed by atoms with Crippen molar-refractivity contribution in [3.8, 4) is 5.75 Å². The topological polar surface area (TPSA) is 64.6 Å². The molecule has 5 heteroatoms. The monoisotopic (exact) mass is 263 g/mol. The van der Waals surface area contributed by atoms with Crippen LogP contribution in [0.15, 0.2) is 18.2 Å². The highest BCUT2D eigenvalue weighted by molar-refractivity contribution is 6.32. The van der Waals surface area contributed by atoms with E-state index in [-0.39, 0.29) is 6.61 Å². The Hall–Kier alpha value is -2.04. The molecule has 19 heavy (non-hydrogen) atoms.